The zero-order valence-corrected chi connectivity index (χ0v) is 12.5. The first-order chi connectivity index (χ1) is 10.0. The van der Waals surface area contributed by atoms with Crippen molar-refractivity contribution in [2.24, 2.45) is 11.8 Å². The summed E-state index contributed by atoms with van der Waals surface area (Å²) in [6, 6.07) is 9.16. The quantitative estimate of drug-likeness (QED) is 0.686. The van der Waals surface area contributed by atoms with Gasteiger partial charge in [0.25, 0.3) is 0 Å². The van der Waals surface area contributed by atoms with E-state index < -0.39 is 12.1 Å². The molecule has 1 aromatic rings. The summed E-state index contributed by atoms with van der Waals surface area (Å²) >= 11 is 0. The normalized spacial score (nSPS) is 13.7. The zero-order valence-electron chi connectivity index (χ0n) is 12.5. The van der Waals surface area contributed by atoms with E-state index in [-0.39, 0.29) is 5.92 Å². The van der Waals surface area contributed by atoms with E-state index >= 15 is 0 Å². The van der Waals surface area contributed by atoms with Crippen LogP contribution in [0.15, 0.2) is 30.3 Å². The minimum absolute atomic E-state index is 0.121. The first-order valence-corrected chi connectivity index (χ1v) is 7.09. The number of rotatable bonds is 9. The SMILES string of the molecule is CC(C)[C@@H](COCc1ccccc1)C[C@@H](C=O)NC(=O)O. The van der Waals surface area contributed by atoms with Crippen molar-refractivity contribution >= 4 is 12.4 Å². The molecule has 0 heterocycles. The Hall–Kier alpha value is -1.88. The van der Waals surface area contributed by atoms with Crippen LogP contribution in [0.1, 0.15) is 25.8 Å². The Bertz CT molecular complexity index is 433. The predicted molar refractivity (Wildman–Crippen MR) is 80.1 cm³/mol. The number of carbonyl (C=O) groups is 2. The van der Waals surface area contributed by atoms with Crippen LogP contribution in [0.5, 0.6) is 0 Å². The molecule has 116 valence electrons. The van der Waals surface area contributed by atoms with Crippen LogP contribution in [-0.2, 0) is 16.1 Å². The first-order valence-electron chi connectivity index (χ1n) is 7.09. The fraction of sp³-hybridized carbons (Fsp3) is 0.500. The van der Waals surface area contributed by atoms with Crippen LogP contribution in [0, 0.1) is 11.8 Å². The first kappa shape index (κ1) is 17.2. The Morgan fingerprint density at radius 2 is 2.00 bits per heavy atom. The van der Waals surface area contributed by atoms with E-state index in [9.17, 15) is 9.59 Å². The molecule has 0 aromatic heterocycles. The van der Waals surface area contributed by atoms with E-state index in [0.717, 1.165) is 5.56 Å². The third-order valence-electron chi connectivity index (χ3n) is 3.42. The van der Waals surface area contributed by atoms with Crippen molar-refractivity contribution in [3.8, 4) is 0 Å². The van der Waals surface area contributed by atoms with Crippen molar-refractivity contribution in [2.75, 3.05) is 6.61 Å². The molecule has 1 amide bonds. The largest absolute Gasteiger partial charge is 0.465 e. The minimum Gasteiger partial charge on any atom is -0.465 e. The third-order valence-corrected chi connectivity index (χ3v) is 3.42. The summed E-state index contributed by atoms with van der Waals surface area (Å²) in [5, 5.41) is 10.9. The zero-order chi connectivity index (χ0) is 15.7. The van der Waals surface area contributed by atoms with Gasteiger partial charge in [-0.3, -0.25) is 0 Å². The maximum Gasteiger partial charge on any atom is 0.405 e. The summed E-state index contributed by atoms with van der Waals surface area (Å²) in [6.45, 7) is 5.10. The highest BCUT2D eigenvalue weighted by atomic mass is 16.5. The van der Waals surface area contributed by atoms with Crippen LogP contribution in [0.2, 0.25) is 0 Å². The van der Waals surface area contributed by atoms with E-state index in [2.05, 4.69) is 5.32 Å². The van der Waals surface area contributed by atoms with Crippen molar-refractivity contribution < 1.29 is 19.4 Å². The molecule has 2 N–H and O–H groups in total. The second kappa shape index (κ2) is 9.13. The molecule has 2 atom stereocenters. The van der Waals surface area contributed by atoms with Crippen LogP contribution in [0.3, 0.4) is 0 Å². The molecule has 1 aromatic carbocycles. The lowest BCUT2D eigenvalue weighted by atomic mass is 9.90. The lowest BCUT2D eigenvalue weighted by Gasteiger charge is -2.23. The summed E-state index contributed by atoms with van der Waals surface area (Å²) in [7, 11) is 0. The molecule has 0 unspecified atom stereocenters. The number of carbonyl (C=O) groups excluding carboxylic acids is 1. The maximum atomic E-state index is 10.9. The number of benzene rings is 1. The van der Waals surface area contributed by atoms with Crippen molar-refractivity contribution in [3.63, 3.8) is 0 Å². The summed E-state index contributed by atoms with van der Waals surface area (Å²) in [4.78, 5) is 21.5. The molecule has 0 aliphatic heterocycles. The average Bonchev–Trinajstić information content (AvgIpc) is 2.45. The molecular formula is C16H23NO4. The molecule has 0 fully saturated rings. The van der Waals surface area contributed by atoms with Crippen LogP contribution < -0.4 is 5.32 Å². The molecule has 0 aliphatic rings. The molecule has 0 aliphatic carbocycles. The van der Waals surface area contributed by atoms with Crippen LogP contribution >= 0.6 is 0 Å². The van der Waals surface area contributed by atoms with Gasteiger partial charge in [-0.15, -0.1) is 0 Å². The summed E-state index contributed by atoms with van der Waals surface area (Å²) < 4.78 is 5.70. The van der Waals surface area contributed by atoms with Gasteiger partial charge in [0, 0.05) is 0 Å². The molecule has 0 saturated heterocycles. The highest BCUT2D eigenvalue weighted by Crippen LogP contribution is 2.18. The van der Waals surface area contributed by atoms with Gasteiger partial charge in [0.15, 0.2) is 0 Å². The number of ether oxygens (including phenoxy) is 1. The number of hydrogen-bond acceptors (Lipinski definition) is 3. The molecule has 0 spiro atoms. The van der Waals surface area contributed by atoms with Gasteiger partial charge < -0.3 is 20.0 Å². The highest BCUT2D eigenvalue weighted by molar-refractivity contribution is 5.71. The maximum absolute atomic E-state index is 10.9. The average molecular weight is 293 g/mol. The molecular weight excluding hydrogens is 270 g/mol. The molecule has 0 radical (unpaired) electrons. The number of amides is 1. The Balaban J connectivity index is 2.45. The fourth-order valence-corrected chi connectivity index (χ4v) is 2.07. The summed E-state index contributed by atoms with van der Waals surface area (Å²) in [6.07, 6.45) is -0.0945. The lowest BCUT2D eigenvalue weighted by molar-refractivity contribution is -0.110. The summed E-state index contributed by atoms with van der Waals surface area (Å²) in [5.41, 5.74) is 1.09. The van der Waals surface area contributed by atoms with E-state index in [1.165, 1.54) is 0 Å². The second-order valence-corrected chi connectivity index (χ2v) is 5.43. The number of carboxylic acid groups (broad SMARTS) is 1. The van der Waals surface area contributed by atoms with Gasteiger partial charge in [-0.05, 0) is 23.8 Å². The van der Waals surface area contributed by atoms with Gasteiger partial charge in [0.1, 0.15) is 6.29 Å². The van der Waals surface area contributed by atoms with E-state index in [1.54, 1.807) is 0 Å². The van der Waals surface area contributed by atoms with E-state index in [1.807, 2.05) is 44.2 Å². The van der Waals surface area contributed by atoms with Gasteiger partial charge in [0.2, 0.25) is 0 Å². The van der Waals surface area contributed by atoms with Gasteiger partial charge in [-0.25, -0.2) is 4.79 Å². The standard InChI is InChI=1S/C16H23NO4/c1-12(2)14(8-15(9-18)17-16(19)20)11-21-10-13-6-4-3-5-7-13/h3-7,9,12,14-15,17H,8,10-11H2,1-2H3,(H,19,20)/t14-,15+/m1/s1. The molecule has 0 saturated carbocycles. The minimum atomic E-state index is -1.18. The number of nitrogens with one attached hydrogen (secondary N) is 1. The van der Waals surface area contributed by atoms with Crippen molar-refractivity contribution in [1.82, 2.24) is 5.32 Å². The molecule has 0 bridgehead atoms. The second-order valence-electron chi connectivity index (χ2n) is 5.43. The Kier molecular flexibility index (Phi) is 7.46. The topological polar surface area (TPSA) is 75.6 Å². The Morgan fingerprint density at radius 1 is 1.33 bits per heavy atom. The van der Waals surface area contributed by atoms with Crippen molar-refractivity contribution in [3.05, 3.63) is 35.9 Å². The Morgan fingerprint density at radius 3 is 2.52 bits per heavy atom. The van der Waals surface area contributed by atoms with E-state index in [4.69, 9.17) is 9.84 Å². The molecule has 5 nitrogen and oxygen atoms in total. The lowest BCUT2D eigenvalue weighted by Crippen LogP contribution is -2.38. The van der Waals surface area contributed by atoms with Gasteiger partial charge >= 0.3 is 6.09 Å². The van der Waals surface area contributed by atoms with Crippen LogP contribution in [0.25, 0.3) is 0 Å². The van der Waals surface area contributed by atoms with Gasteiger partial charge in [-0.2, -0.15) is 0 Å². The molecule has 5 heteroatoms. The van der Waals surface area contributed by atoms with E-state index in [0.29, 0.717) is 31.8 Å². The summed E-state index contributed by atoms with van der Waals surface area (Å²) in [5.74, 6) is 0.426. The number of aldehydes is 1. The predicted octanol–water partition coefficient (Wildman–Crippen LogP) is 2.70. The Labute approximate surface area is 125 Å². The van der Waals surface area contributed by atoms with Gasteiger partial charge in [0.05, 0.1) is 19.3 Å². The highest BCUT2D eigenvalue weighted by Gasteiger charge is 2.20. The molecule has 21 heavy (non-hydrogen) atoms. The van der Waals surface area contributed by atoms with Crippen molar-refractivity contribution in [1.29, 1.82) is 0 Å². The third kappa shape index (κ3) is 6.90. The fourth-order valence-electron chi connectivity index (χ4n) is 2.07. The van der Waals surface area contributed by atoms with Crippen LogP contribution in [0.4, 0.5) is 4.79 Å². The van der Waals surface area contributed by atoms with Crippen LogP contribution in [-0.4, -0.2) is 30.1 Å². The van der Waals surface area contributed by atoms with Gasteiger partial charge in [-0.1, -0.05) is 44.2 Å². The monoisotopic (exact) mass is 293 g/mol. The number of hydrogen-bond donors (Lipinski definition) is 2. The molecule has 1 rings (SSSR count). The van der Waals surface area contributed by atoms with Crippen molar-refractivity contribution in [2.45, 2.75) is 32.9 Å². The smallest absolute Gasteiger partial charge is 0.405 e.